The van der Waals surface area contributed by atoms with Crippen molar-refractivity contribution < 1.29 is 29.0 Å². The number of rotatable bonds is 10. The van der Waals surface area contributed by atoms with Gasteiger partial charge in [0.15, 0.2) is 0 Å². The van der Waals surface area contributed by atoms with Crippen LogP contribution in [0.5, 0.6) is 0 Å². The van der Waals surface area contributed by atoms with Gasteiger partial charge in [0.2, 0.25) is 5.91 Å². The Kier molecular flexibility index (Phi) is 7.94. The van der Waals surface area contributed by atoms with Crippen LogP contribution in [0.25, 0.3) is 11.1 Å². The number of hydrogen-bond acceptors (Lipinski definition) is 5. The van der Waals surface area contributed by atoms with Crippen LogP contribution < -0.4 is 10.6 Å². The Morgan fingerprint density at radius 2 is 1.56 bits per heavy atom. The molecule has 0 saturated carbocycles. The topological polar surface area (TPSA) is 114 Å². The molecule has 3 N–H and O–H groups in total. The molecule has 3 rings (SSSR count). The van der Waals surface area contributed by atoms with E-state index in [0.29, 0.717) is 0 Å². The van der Waals surface area contributed by atoms with Crippen LogP contribution in [0.1, 0.15) is 51.2 Å². The third kappa shape index (κ3) is 6.35. The van der Waals surface area contributed by atoms with Gasteiger partial charge in [0.05, 0.1) is 24.7 Å². The molecular weight excluding hydrogens is 436 g/mol. The number of carbonyl (C=O) groups is 3. The third-order valence-corrected chi connectivity index (χ3v) is 5.57. The summed E-state index contributed by atoms with van der Waals surface area (Å²) in [5, 5.41) is 14.4. The SMILES string of the molecule is CC(C)OCC(C)(C)NC(=O)C(CC(=O)O)NC(=O)OCC1c2ccccc2-c2ccccc21. The van der Waals surface area contributed by atoms with Gasteiger partial charge in [-0.3, -0.25) is 9.59 Å². The number of aliphatic carboxylic acids is 1. The summed E-state index contributed by atoms with van der Waals surface area (Å²) in [6.07, 6.45) is -1.44. The Bertz CT molecular complexity index is 1000. The summed E-state index contributed by atoms with van der Waals surface area (Å²) < 4.78 is 11.0. The number of carboxylic acid groups (broad SMARTS) is 1. The van der Waals surface area contributed by atoms with Crippen LogP contribution in [0.3, 0.4) is 0 Å². The zero-order chi connectivity index (χ0) is 24.9. The van der Waals surface area contributed by atoms with Crippen molar-refractivity contribution in [3.63, 3.8) is 0 Å². The Balaban J connectivity index is 1.64. The molecule has 2 amide bonds. The van der Waals surface area contributed by atoms with Gasteiger partial charge in [-0.15, -0.1) is 0 Å². The van der Waals surface area contributed by atoms with E-state index in [0.717, 1.165) is 22.3 Å². The van der Waals surface area contributed by atoms with Crippen LogP contribution in [0, 0.1) is 0 Å². The number of ether oxygens (including phenoxy) is 2. The minimum Gasteiger partial charge on any atom is -0.481 e. The van der Waals surface area contributed by atoms with Gasteiger partial charge in [0, 0.05) is 5.92 Å². The van der Waals surface area contributed by atoms with Gasteiger partial charge in [-0.1, -0.05) is 48.5 Å². The van der Waals surface area contributed by atoms with E-state index in [1.54, 1.807) is 13.8 Å². The second kappa shape index (κ2) is 10.7. The van der Waals surface area contributed by atoms with Crippen molar-refractivity contribution in [2.24, 2.45) is 0 Å². The van der Waals surface area contributed by atoms with Gasteiger partial charge in [0.1, 0.15) is 12.6 Å². The van der Waals surface area contributed by atoms with Crippen molar-refractivity contribution in [1.82, 2.24) is 10.6 Å². The number of amides is 2. The lowest BCUT2D eigenvalue weighted by atomic mass is 9.98. The molecule has 1 aliphatic carbocycles. The lowest BCUT2D eigenvalue weighted by Crippen LogP contribution is -2.55. The summed E-state index contributed by atoms with van der Waals surface area (Å²) in [7, 11) is 0. The van der Waals surface area contributed by atoms with Gasteiger partial charge >= 0.3 is 12.1 Å². The summed E-state index contributed by atoms with van der Waals surface area (Å²) in [6, 6.07) is 14.6. The maximum Gasteiger partial charge on any atom is 0.407 e. The van der Waals surface area contributed by atoms with E-state index in [1.807, 2.05) is 62.4 Å². The van der Waals surface area contributed by atoms with E-state index in [1.165, 1.54) is 0 Å². The quantitative estimate of drug-likeness (QED) is 0.490. The number of benzene rings is 2. The average molecular weight is 469 g/mol. The monoisotopic (exact) mass is 468 g/mol. The van der Waals surface area contributed by atoms with Crippen LogP contribution in [0.2, 0.25) is 0 Å². The van der Waals surface area contributed by atoms with Crippen molar-refractivity contribution >= 4 is 18.0 Å². The predicted molar refractivity (Wildman–Crippen MR) is 128 cm³/mol. The molecular formula is C26H32N2O6. The van der Waals surface area contributed by atoms with Crippen LogP contribution >= 0.6 is 0 Å². The first-order chi connectivity index (χ1) is 16.1. The smallest absolute Gasteiger partial charge is 0.407 e. The molecule has 2 aromatic carbocycles. The van der Waals surface area contributed by atoms with Gasteiger partial charge in [-0.2, -0.15) is 0 Å². The molecule has 8 nitrogen and oxygen atoms in total. The van der Waals surface area contributed by atoms with Crippen molar-refractivity contribution in [3.8, 4) is 11.1 Å². The second-order valence-corrected chi connectivity index (χ2v) is 9.35. The molecule has 0 aromatic heterocycles. The first kappa shape index (κ1) is 25.2. The highest BCUT2D eigenvalue weighted by Gasteiger charge is 2.32. The summed E-state index contributed by atoms with van der Waals surface area (Å²) in [5.74, 6) is -1.97. The number of hydrogen-bond donors (Lipinski definition) is 3. The Morgan fingerprint density at radius 3 is 2.09 bits per heavy atom. The van der Waals surface area contributed by atoms with E-state index in [-0.39, 0.29) is 25.2 Å². The lowest BCUT2D eigenvalue weighted by molar-refractivity contribution is -0.140. The third-order valence-electron chi connectivity index (χ3n) is 5.57. The molecule has 0 spiro atoms. The van der Waals surface area contributed by atoms with E-state index < -0.39 is 36.0 Å². The summed E-state index contributed by atoms with van der Waals surface area (Å²) >= 11 is 0. The Morgan fingerprint density at radius 1 is 1.00 bits per heavy atom. The largest absolute Gasteiger partial charge is 0.481 e. The van der Waals surface area contributed by atoms with E-state index >= 15 is 0 Å². The highest BCUT2D eigenvalue weighted by molar-refractivity contribution is 5.89. The molecule has 0 heterocycles. The van der Waals surface area contributed by atoms with Crippen molar-refractivity contribution in [2.45, 2.75) is 57.7 Å². The molecule has 1 atom stereocenters. The van der Waals surface area contributed by atoms with Crippen LogP contribution in [-0.4, -0.2) is 54.0 Å². The number of carboxylic acids is 1. The fourth-order valence-corrected chi connectivity index (χ4v) is 4.00. The second-order valence-electron chi connectivity index (χ2n) is 9.35. The molecule has 34 heavy (non-hydrogen) atoms. The summed E-state index contributed by atoms with van der Waals surface area (Å²) in [4.78, 5) is 36.7. The zero-order valence-corrected chi connectivity index (χ0v) is 20.0. The first-order valence-electron chi connectivity index (χ1n) is 11.3. The minimum atomic E-state index is -1.29. The Labute approximate surface area is 199 Å². The van der Waals surface area contributed by atoms with E-state index in [2.05, 4.69) is 10.6 Å². The molecule has 0 saturated heterocycles. The molecule has 0 radical (unpaired) electrons. The molecule has 182 valence electrons. The minimum absolute atomic E-state index is 0.0232. The van der Waals surface area contributed by atoms with Gasteiger partial charge in [0.25, 0.3) is 0 Å². The highest BCUT2D eigenvalue weighted by Crippen LogP contribution is 2.44. The number of nitrogens with one attached hydrogen (secondary N) is 2. The average Bonchev–Trinajstić information content (AvgIpc) is 3.09. The number of carbonyl (C=O) groups excluding carboxylic acids is 2. The molecule has 1 aliphatic rings. The van der Waals surface area contributed by atoms with Crippen molar-refractivity contribution in [3.05, 3.63) is 59.7 Å². The Hall–Kier alpha value is -3.39. The van der Waals surface area contributed by atoms with Gasteiger partial charge in [-0.05, 0) is 49.9 Å². The summed E-state index contributed by atoms with van der Waals surface area (Å²) in [6.45, 7) is 7.58. The summed E-state index contributed by atoms with van der Waals surface area (Å²) in [5.41, 5.74) is 3.56. The lowest BCUT2D eigenvalue weighted by Gasteiger charge is -2.29. The van der Waals surface area contributed by atoms with Crippen LogP contribution in [0.4, 0.5) is 4.79 Å². The number of fused-ring (bicyclic) bond motifs is 3. The van der Waals surface area contributed by atoms with Crippen LogP contribution in [-0.2, 0) is 19.1 Å². The first-order valence-corrected chi connectivity index (χ1v) is 11.3. The van der Waals surface area contributed by atoms with Crippen molar-refractivity contribution in [2.75, 3.05) is 13.2 Å². The zero-order valence-electron chi connectivity index (χ0n) is 20.0. The molecule has 0 bridgehead atoms. The van der Waals surface area contributed by atoms with Crippen LogP contribution in [0.15, 0.2) is 48.5 Å². The fourth-order valence-electron chi connectivity index (χ4n) is 4.00. The molecule has 1 unspecified atom stereocenters. The van der Waals surface area contributed by atoms with E-state index in [4.69, 9.17) is 9.47 Å². The maximum absolute atomic E-state index is 12.8. The fraction of sp³-hybridized carbons (Fsp3) is 0.423. The maximum atomic E-state index is 12.8. The van der Waals surface area contributed by atoms with Crippen molar-refractivity contribution in [1.29, 1.82) is 0 Å². The standard InChI is InChI=1S/C26H32N2O6/c1-16(2)34-15-26(3,4)28-24(31)22(13-23(29)30)27-25(32)33-14-21-19-11-7-5-9-17(19)18-10-6-8-12-20(18)21/h5-12,16,21-22H,13-15H2,1-4H3,(H,27,32)(H,28,31)(H,29,30). The molecule has 0 aliphatic heterocycles. The predicted octanol–water partition coefficient (Wildman–Crippen LogP) is 3.69. The molecule has 0 fully saturated rings. The normalized spacial score (nSPS) is 13.7. The van der Waals surface area contributed by atoms with Gasteiger partial charge in [-0.25, -0.2) is 4.79 Å². The number of alkyl carbamates (subject to hydrolysis) is 1. The molecule has 8 heteroatoms. The van der Waals surface area contributed by atoms with Gasteiger partial charge < -0.3 is 25.2 Å². The van der Waals surface area contributed by atoms with E-state index in [9.17, 15) is 19.5 Å². The highest BCUT2D eigenvalue weighted by atomic mass is 16.5. The molecule has 2 aromatic rings.